The van der Waals surface area contributed by atoms with Gasteiger partial charge in [-0.15, -0.1) is 0 Å². The molecule has 2 atom stereocenters. The maximum atomic E-state index is 9.88. The second-order valence-electron chi connectivity index (χ2n) is 3.20. The van der Waals surface area contributed by atoms with Crippen LogP contribution in [0.15, 0.2) is 22.8 Å². The molecule has 0 aliphatic carbocycles. The van der Waals surface area contributed by atoms with Crippen LogP contribution >= 0.6 is 15.9 Å². The van der Waals surface area contributed by atoms with Gasteiger partial charge < -0.3 is 5.11 Å². The molecular weight excluding hydrogens is 230 g/mol. The van der Waals surface area contributed by atoms with Crippen molar-refractivity contribution in [3.63, 3.8) is 0 Å². The molecule has 1 aromatic rings. The molecule has 1 rings (SSSR count). The molecule has 72 valence electrons. The van der Waals surface area contributed by atoms with Gasteiger partial charge in [-0.25, -0.2) is 0 Å². The Morgan fingerprint density at radius 1 is 1.62 bits per heavy atom. The van der Waals surface area contributed by atoms with E-state index in [1.54, 1.807) is 6.20 Å². The maximum Gasteiger partial charge on any atom is 0.0996 e. The Morgan fingerprint density at radius 3 is 2.85 bits per heavy atom. The van der Waals surface area contributed by atoms with Crippen LogP contribution in [0.3, 0.4) is 0 Å². The average molecular weight is 244 g/mol. The van der Waals surface area contributed by atoms with E-state index in [1.165, 1.54) is 0 Å². The van der Waals surface area contributed by atoms with Gasteiger partial charge in [0.25, 0.3) is 0 Å². The number of hydrogen-bond acceptors (Lipinski definition) is 2. The Bertz CT molecular complexity index is 277. The van der Waals surface area contributed by atoms with Gasteiger partial charge >= 0.3 is 0 Å². The number of hydrogen-bond donors (Lipinski definition) is 1. The Balaban J connectivity index is 2.88. The van der Waals surface area contributed by atoms with Gasteiger partial charge in [0.15, 0.2) is 0 Å². The van der Waals surface area contributed by atoms with Crippen molar-refractivity contribution in [2.75, 3.05) is 0 Å². The maximum absolute atomic E-state index is 9.88. The fourth-order valence-electron chi connectivity index (χ4n) is 1.11. The van der Waals surface area contributed by atoms with Crippen molar-refractivity contribution >= 4 is 15.9 Å². The van der Waals surface area contributed by atoms with E-state index in [1.807, 2.05) is 19.1 Å². The highest BCUT2D eigenvalue weighted by molar-refractivity contribution is 9.10. The second kappa shape index (κ2) is 4.72. The van der Waals surface area contributed by atoms with E-state index in [2.05, 4.69) is 27.8 Å². The van der Waals surface area contributed by atoms with Gasteiger partial charge in [0.05, 0.1) is 11.8 Å². The van der Waals surface area contributed by atoms with Crippen LogP contribution in [0.4, 0.5) is 0 Å². The van der Waals surface area contributed by atoms with Crippen LogP contribution in [-0.2, 0) is 0 Å². The molecule has 0 aromatic carbocycles. The van der Waals surface area contributed by atoms with Crippen molar-refractivity contribution in [1.82, 2.24) is 4.98 Å². The third kappa shape index (κ3) is 2.51. The molecule has 1 heterocycles. The van der Waals surface area contributed by atoms with Crippen molar-refractivity contribution in [3.05, 3.63) is 28.5 Å². The molecule has 2 nitrogen and oxygen atoms in total. The Morgan fingerprint density at radius 2 is 2.31 bits per heavy atom. The zero-order chi connectivity index (χ0) is 9.84. The quantitative estimate of drug-likeness (QED) is 0.886. The average Bonchev–Trinajstić information content (AvgIpc) is 2.16. The summed E-state index contributed by atoms with van der Waals surface area (Å²) >= 11 is 3.37. The van der Waals surface area contributed by atoms with Crippen LogP contribution in [0, 0.1) is 5.92 Å². The number of aromatic nitrogens is 1. The zero-order valence-electron chi connectivity index (χ0n) is 7.87. The lowest BCUT2D eigenvalue weighted by atomic mass is 9.99. The number of aliphatic hydroxyl groups is 1. The summed E-state index contributed by atoms with van der Waals surface area (Å²) < 4.78 is 0.878. The minimum Gasteiger partial charge on any atom is -0.386 e. The Labute approximate surface area is 87.1 Å². The molecule has 0 aliphatic rings. The lowest BCUT2D eigenvalue weighted by molar-refractivity contribution is 0.110. The topological polar surface area (TPSA) is 33.1 Å². The van der Waals surface area contributed by atoms with Gasteiger partial charge in [0.2, 0.25) is 0 Å². The molecule has 0 amide bonds. The van der Waals surface area contributed by atoms with Crippen LogP contribution in [-0.4, -0.2) is 10.1 Å². The minimum atomic E-state index is -0.472. The molecule has 1 aromatic heterocycles. The summed E-state index contributed by atoms with van der Waals surface area (Å²) in [5.74, 6) is 0.242. The van der Waals surface area contributed by atoms with E-state index in [4.69, 9.17) is 0 Å². The first-order valence-corrected chi connectivity index (χ1v) is 5.24. The van der Waals surface area contributed by atoms with Gasteiger partial charge in [-0.1, -0.05) is 20.3 Å². The molecule has 2 unspecified atom stereocenters. The highest BCUT2D eigenvalue weighted by Gasteiger charge is 2.17. The van der Waals surface area contributed by atoms with Crippen LogP contribution in [0.5, 0.6) is 0 Å². The van der Waals surface area contributed by atoms with Crippen molar-refractivity contribution < 1.29 is 5.11 Å². The van der Waals surface area contributed by atoms with E-state index in [0.717, 1.165) is 16.6 Å². The molecule has 1 N–H and O–H groups in total. The predicted molar refractivity (Wildman–Crippen MR) is 56.4 cm³/mol. The molecule has 0 fully saturated rings. The van der Waals surface area contributed by atoms with Crippen molar-refractivity contribution in [1.29, 1.82) is 0 Å². The summed E-state index contributed by atoms with van der Waals surface area (Å²) in [4.78, 5) is 4.15. The van der Waals surface area contributed by atoms with Crippen LogP contribution in [0.2, 0.25) is 0 Å². The smallest absolute Gasteiger partial charge is 0.0996 e. The molecular formula is C10H14BrNO. The third-order valence-corrected chi connectivity index (χ3v) is 2.92. The predicted octanol–water partition coefficient (Wildman–Crippen LogP) is 2.92. The second-order valence-corrected chi connectivity index (χ2v) is 4.06. The zero-order valence-corrected chi connectivity index (χ0v) is 9.45. The van der Waals surface area contributed by atoms with Gasteiger partial charge in [0, 0.05) is 10.7 Å². The summed E-state index contributed by atoms with van der Waals surface area (Å²) in [5, 5.41) is 9.88. The van der Waals surface area contributed by atoms with Gasteiger partial charge in [-0.2, -0.15) is 0 Å². The summed E-state index contributed by atoms with van der Waals surface area (Å²) in [6.07, 6.45) is 2.18. The monoisotopic (exact) mass is 243 g/mol. The first kappa shape index (κ1) is 10.7. The largest absolute Gasteiger partial charge is 0.386 e. The van der Waals surface area contributed by atoms with Gasteiger partial charge in [0.1, 0.15) is 0 Å². The SMILES string of the molecule is CCC(C)C(O)c1ncccc1Br. The number of halogens is 1. The summed E-state index contributed by atoms with van der Waals surface area (Å²) in [6.45, 7) is 4.08. The van der Waals surface area contributed by atoms with Gasteiger partial charge in [-0.05, 0) is 34.0 Å². The van der Waals surface area contributed by atoms with Crippen molar-refractivity contribution in [2.45, 2.75) is 26.4 Å². The molecule has 0 aliphatic heterocycles. The summed E-state index contributed by atoms with van der Waals surface area (Å²) in [5.41, 5.74) is 0.733. The standard InChI is InChI=1S/C10H14BrNO/c1-3-7(2)10(13)9-8(11)5-4-6-12-9/h4-7,10,13H,3H2,1-2H3. The van der Waals surface area contributed by atoms with E-state index in [-0.39, 0.29) is 5.92 Å². The molecule has 13 heavy (non-hydrogen) atoms. The van der Waals surface area contributed by atoms with Crippen LogP contribution in [0.25, 0.3) is 0 Å². The number of pyridine rings is 1. The first-order chi connectivity index (χ1) is 6.16. The summed E-state index contributed by atoms with van der Waals surface area (Å²) in [6, 6.07) is 3.74. The highest BCUT2D eigenvalue weighted by Crippen LogP contribution is 2.27. The Kier molecular flexibility index (Phi) is 3.88. The molecule has 0 bridgehead atoms. The fourth-order valence-corrected chi connectivity index (χ4v) is 1.60. The molecule has 3 heteroatoms. The Hall–Kier alpha value is -0.410. The lowest BCUT2D eigenvalue weighted by Gasteiger charge is -2.17. The normalized spacial score (nSPS) is 15.4. The minimum absolute atomic E-state index is 0.242. The van der Waals surface area contributed by atoms with E-state index in [9.17, 15) is 5.11 Å². The molecule has 0 saturated carbocycles. The lowest BCUT2D eigenvalue weighted by Crippen LogP contribution is -2.10. The van der Waals surface area contributed by atoms with E-state index >= 15 is 0 Å². The first-order valence-electron chi connectivity index (χ1n) is 4.45. The highest BCUT2D eigenvalue weighted by atomic mass is 79.9. The number of nitrogens with zero attached hydrogens (tertiary/aromatic N) is 1. The number of aliphatic hydroxyl groups excluding tert-OH is 1. The molecule has 0 saturated heterocycles. The van der Waals surface area contributed by atoms with Crippen molar-refractivity contribution in [3.8, 4) is 0 Å². The van der Waals surface area contributed by atoms with E-state index < -0.39 is 6.10 Å². The molecule has 0 radical (unpaired) electrons. The summed E-state index contributed by atoms with van der Waals surface area (Å²) in [7, 11) is 0. The van der Waals surface area contributed by atoms with Crippen LogP contribution < -0.4 is 0 Å². The number of rotatable bonds is 3. The molecule has 0 spiro atoms. The fraction of sp³-hybridized carbons (Fsp3) is 0.500. The van der Waals surface area contributed by atoms with Crippen molar-refractivity contribution in [2.24, 2.45) is 5.92 Å². The van der Waals surface area contributed by atoms with E-state index in [0.29, 0.717) is 0 Å². The van der Waals surface area contributed by atoms with Crippen LogP contribution in [0.1, 0.15) is 32.1 Å². The third-order valence-electron chi connectivity index (χ3n) is 2.25. The van der Waals surface area contributed by atoms with Gasteiger partial charge in [-0.3, -0.25) is 4.98 Å².